The Labute approximate surface area is 163 Å². The fourth-order valence-corrected chi connectivity index (χ4v) is 3.13. The van der Waals surface area contributed by atoms with Crippen LogP contribution in [0.5, 0.6) is 0 Å². The molecule has 0 atom stereocenters. The zero-order valence-corrected chi connectivity index (χ0v) is 16.2. The molecule has 2 aromatic heterocycles. The Morgan fingerprint density at radius 1 is 1.00 bits per heavy atom. The first kappa shape index (κ1) is 21.7. The van der Waals surface area contributed by atoms with Crippen LogP contribution >= 0.6 is 11.3 Å². The molecule has 1 aromatic carbocycles. The lowest BCUT2D eigenvalue weighted by atomic mass is 10.1. The fourth-order valence-electron chi connectivity index (χ4n) is 2.33. The Balaban J connectivity index is 0.00000136. The van der Waals surface area contributed by atoms with E-state index in [1.54, 1.807) is 31.2 Å². The molecule has 3 rings (SSSR count). The topological polar surface area (TPSA) is 37.8 Å². The predicted octanol–water partition coefficient (Wildman–Crippen LogP) is 6.45. The molecule has 0 unspecified atom stereocenters. The lowest BCUT2D eigenvalue weighted by molar-refractivity contribution is -0.137. The normalized spacial score (nSPS) is 11.0. The van der Waals surface area contributed by atoms with Crippen molar-refractivity contribution in [2.75, 3.05) is 5.32 Å². The van der Waals surface area contributed by atoms with Crippen LogP contribution in [0.1, 0.15) is 29.3 Å². The van der Waals surface area contributed by atoms with Crippen LogP contribution in [0.25, 0.3) is 11.3 Å². The van der Waals surface area contributed by atoms with E-state index in [-0.39, 0.29) is 17.8 Å². The molecule has 0 saturated heterocycles. The SMILES string of the molecule is CC.Cc1sc(C(F)(F)F)nc1-c1ccc(NCc2c(F)cncc2F)cc1. The quantitative estimate of drug-likeness (QED) is 0.498. The third kappa shape index (κ3) is 5.03. The molecule has 0 spiro atoms. The summed E-state index contributed by atoms with van der Waals surface area (Å²) in [6.45, 7) is 5.48. The molecule has 2 heterocycles. The van der Waals surface area contributed by atoms with Crippen molar-refractivity contribution in [3.63, 3.8) is 0 Å². The summed E-state index contributed by atoms with van der Waals surface area (Å²) in [4.78, 5) is 7.53. The zero-order valence-electron chi connectivity index (χ0n) is 15.4. The Kier molecular flexibility index (Phi) is 7.06. The van der Waals surface area contributed by atoms with Crippen molar-refractivity contribution in [1.82, 2.24) is 9.97 Å². The number of aromatic nitrogens is 2. The zero-order chi connectivity index (χ0) is 20.9. The number of halogens is 5. The van der Waals surface area contributed by atoms with Gasteiger partial charge in [0.2, 0.25) is 0 Å². The first-order valence-corrected chi connectivity index (χ1v) is 9.24. The minimum Gasteiger partial charge on any atom is -0.381 e. The van der Waals surface area contributed by atoms with E-state index >= 15 is 0 Å². The first-order valence-electron chi connectivity index (χ1n) is 8.42. The van der Waals surface area contributed by atoms with Crippen molar-refractivity contribution >= 4 is 17.0 Å². The largest absolute Gasteiger partial charge is 0.443 e. The van der Waals surface area contributed by atoms with E-state index in [2.05, 4.69) is 15.3 Å². The number of benzene rings is 1. The van der Waals surface area contributed by atoms with Gasteiger partial charge in [0, 0.05) is 28.2 Å². The van der Waals surface area contributed by atoms with Gasteiger partial charge in [0.15, 0.2) is 5.01 Å². The minimum atomic E-state index is -4.48. The molecule has 0 aliphatic heterocycles. The van der Waals surface area contributed by atoms with Gasteiger partial charge in [0.25, 0.3) is 0 Å². The van der Waals surface area contributed by atoms with Crippen LogP contribution in [-0.4, -0.2) is 9.97 Å². The number of aryl methyl sites for hydroxylation is 1. The van der Waals surface area contributed by atoms with Gasteiger partial charge >= 0.3 is 6.18 Å². The summed E-state index contributed by atoms with van der Waals surface area (Å²) in [6.07, 6.45) is -2.63. The van der Waals surface area contributed by atoms with Crippen molar-refractivity contribution in [3.05, 3.63) is 63.7 Å². The second kappa shape index (κ2) is 9.09. The van der Waals surface area contributed by atoms with Crippen molar-refractivity contribution in [3.8, 4) is 11.3 Å². The van der Waals surface area contributed by atoms with Crippen LogP contribution in [0.2, 0.25) is 0 Å². The van der Waals surface area contributed by atoms with E-state index in [4.69, 9.17) is 0 Å². The standard InChI is InChI=1S/C17H12F5N3S.C2H6/c1-9-15(25-16(26-9)17(20,21)22)10-2-4-11(5-3-10)24-6-12-13(18)7-23-8-14(12)19;1-2/h2-5,7-8,24H,6H2,1H3;1-2H3. The highest BCUT2D eigenvalue weighted by Gasteiger charge is 2.35. The molecule has 9 heteroatoms. The second-order valence-corrected chi connectivity index (χ2v) is 6.64. The maximum Gasteiger partial charge on any atom is 0.443 e. The van der Waals surface area contributed by atoms with Gasteiger partial charge in [-0.25, -0.2) is 13.8 Å². The molecule has 0 saturated carbocycles. The van der Waals surface area contributed by atoms with E-state index in [9.17, 15) is 22.0 Å². The van der Waals surface area contributed by atoms with Gasteiger partial charge in [-0.3, -0.25) is 4.98 Å². The molecular formula is C19H18F5N3S. The monoisotopic (exact) mass is 415 g/mol. The van der Waals surface area contributed by atoms with E-state index in [0.717, 1.165) is 12.4 Å². The van der Waals surface area contributed by atoms with E-state index in [0.29, 0.717) is 27.5 Å². The molecule has 150 valence electrons. The molecule has 0 amide bonds. The van der Waals surface area contributed by atoms with E-state index in [1.807, 2.05) is 13.8 Å². The summed E-state index contributed by atoms with van der Waals surface area (Å²) < 4.78 is 65.4. The van der Waals surface area contributed by atoms with Crippen LogP contribution < -0.4 is 5.32 Å². The molecule has 28 heavy (non-hydrogen) atoms. The van der Waals surface area contributed by atoms with Gasteiger partial charge in [0.1, 0.15) is 11.6 Å². The molecule has 0 aliphatic rings. The Morgan fingerprint density at radius 3 is 2.07 bits per heavy atom. The van der Waals surface area contributed by atoms with Gasteiger partial charge in [0.05, 0.1) is 18.1 Å². The van der Waals surface area contributed by atoms with Gasteiger partial charge < -0.3 is 5.32 Å². The third-order valence-corrected chi connectivity index (χ3v) is 4.63. The molecule has 0 bridgehead atoms. The number of pyridine rings is 1. The summed E-state index contributed by atoms with van der Waals surface area (Å²) in [5.41, 5.74) is 1.21. The Morgan fingerprint density at radius 2 is 1.57 bits per heavy atom. The smallest absolute Gasteiger partial charge is 0.381 e. The lowest BCUT2D eigenvalue weighted by Gasteiger charge is -2.09. The van der Waals surface area contributed by atoms with Gasteiger partial charge in [-0.1, -0.05) is 26.0 Å². The molecule has 3 nitrogen and oxygen atoms in total. The second-order valence-electron chi connectivity index (χ2n) is 5.43. The third-order valence-electron chi connectivity index (χ3n) is 3.62. The highest BCUT2D eigenvalue weighted by molar-refractivity contribution is 7.12. The van der Waals surface area contributed by atoms with Crippen LogP contribution in [0.3, 0.4) is 0 Å². The average Bonchev–Trinajstić information content (AvgIpc) is 3.06. The molecule has 0 aliphatic carbocycles. The number of hydrogen-bond donors (Lipinski definition) is 1. The highest BCUT2D eigenvalue weighted by atomic mass is 32.1. The van der Waals surface area contributed by atoms with Gasteiger partial charge in [-0.15, -0.1) is 11.3 Å². The molecular weight excluding hydrogens is 397 g/mol. The number of rotatable bonds is 4. The average molecular weight is 415 g/mol. The first-order chi connectivity index (χ1) is 13.3. The maximum absolute atomic E-state index is 13.5. The fraction of sp³-hybridized carbons (Fsp3) is 0.263. The summed E-state index contributed by atoms with van der Waals surface area (Å²) >= 11 is 0.590. The van der Waals surface area contributed by atoms with Crippen molar-refractivity contribution < 1.29 is 22.0 Å². The molecule has 0 fully saturated rings. The molecule has 0 radical (unpaired) electrons. The summed E-state index contributed by atoms with van der Waals surface area (Å²) in [7, 11) is 0. The highest BCUT2D eigenvalue weighted by Crippen LogP contribution is 2.37. The van der Waals surface area contributed by atoms with Crippen LogP contribution in [0.15, 0.2) is 36.7 Å². The van der Waals surface area contributed by atoms with Gasteiger partial charge in [-0.2, -0.15) is 13.2 Å². The number of thiazole rings is 1. The summed E-state index contributed by atoms with van der Waals surface area (Å²) in [5.74, 6) is -1.52. The summed E-state index contributed by atoms with van der Waals surface area (Å²) in [6, 6.07) is 6.42. The minimum absolute atomic E-state index is 0.0898. The van der Waals surface area contributed by atoms with Crippen molar-refractivity contribution in [2.24, 2.45) is 0 Å². The van der Waals surface area contributed by atoms with Crippen molar-refractivity contribution in [2.45, 2.75) is 33.5 Å². The Bertz CT molecular complexity index is 900. The molecule has 1 N–H and O–H groups in total. The predicted molar refractivity (Wildman–Crippen MR) is 100 cm³/mol. The van der Waals surface area contributed by atoms with Gasteiger partial charge in [-0.05, 0) is 19.1 Å². The number of alkyl halides is 3. The number of nitrogens with zero attached hydrogens (tertiary/aromatic N) is 2. The van der Waals surface area contributed by atoms with Crippen LogP contribution in [-0.2, 0) is 12.7 Å². The lowest BCUT2D eigenvalue weighted by Crippen LogP contribution is -2.05. The maximum atomic E-state index is 13.5. The summed E-state index contributed by atoms with van der Waals surface area (Å²) in [5, 5.41) is 1.97. The van der Waals surface area contributed by atoms with E-state index < -0.39 is 22.8 Å². The number of hydrogen-bond acceptors (Lipinski definition) is 4. The number of nitrogens with one attached hydrogen (secondary N) is 1. The number of anilines is 1. The van der Waals surface area contributed by atoms with Crippen molar-refractivity contribution in [1.29, 1.82) is 0 Å². The van der Waals surface area contributed by atoms with E-state index in [1.165, 1.54) is 0 Å². The van der Waals surface area contributed by atoms with Crippen LogP contribution in [0, 0.1) is 18.6 Å². The molecule has 3 aromatic rings. The Hall–Kier alpha value is -2.55. The van der Waals surface area contributed by atoms with Crippen LogP contribution in [0.4, 0.5) is 27.6 Å².